The average Bonchev–Trinajstić information content (AvgIpc) is 2.84. The lowest BCUT2D eigenvalue weighted by molar-refractivity contribution is 0.232. The number of furan rings is 1. The number of para-hydroxylation sites is 1. The number of urea groups is 1. The third-order valence-corrected chi connectivity index (χ3v) is 6.24. The fourth-order valence-corrected chi connectivity index (χ4v) is 4.87. The molecule has 2 amide bonds. The predicted molar refractivity (Wildman–Crippen MR) is 92.7 cm³/mol. The van der Waals surface area contributed by atoms with E-state index in [9.17, 15) is 13.2 Å². The number of carbonyl (C=O) groups excluding carboxylic acids is 1. The van der Waals surface area contributed by atoms with E-state index in [1.807, 2.05) is 38.1 Å². The van der Waals surface area contributed by atoms with Crippen LogP contribution in [0.4, 0.5) is 4.79 Å². The van der Waals surface area contributed by atoms with Crippen LogP contribution in [0.5, 0.6) is 0 Å². The molecule has 1 unspecified atom stereocenters. The SMILES string of the molecule is Cc1c([C@@H](C)NC(=O)NC2CCCS(=O)(=O)C2)oc2ccccc12. The van der Waals surface area contributed by atoms with E-state index in [1.165, 1.54) is 0 Å². The molecule has 1 aliphatic rings. The summed E-state index contributed by atoms with van der Waals surface area (Å²) in [4.78, 5) is 12.2. The Morgan fingerprint density at radius 2 is 2.08 bits per heavy atom. The first-order valence-corrected chi connectivity index (χ1v) is 9.93. The van der Waals surface area contributed by atoms with Crippen molar-refractivity contribution in [3.8, 4) is 0 Å². The van der Waals surface area contributed by atoms with Crippen molar-refractivity contribution in [2.24, 2.45) is 0 Å². The fourth-order valence-electron chi connectivity index (χ4n) is 3.23. The van der Waals surface area contributed by atoms with Crippen molar-refractivity contribution in [3.63, 3.8) is 0 Å². The average molecular weight is 350 g/mol. The number of fused-ring (bicyclic) bond motifs is 1. The minimum Gasteiger partial charge on any atom is -0.459 e. The molecular weight excluding hydrogens is 328 g/mol. The second-order valence-corrected chi connectivity index (χ2v) is 8.61. The molecule has 130 valence electrons. The summed E-state index contributed by atoms with van der Waals surface area (Å²) in [5.74, 6) is 0.933. The summed E-state index contributed by atoms with van der Waals surface area (Å²) < 4.78 is 29.1. The monoisotopic (exact) mass is 350 g/mol. The van der Waals surface area contributed by atoms with E-state index in [4.69, 9.17) is 4.42 Å². The van der Waals surface area contributed by atoms with Crippen LogP contribution in [0.2, 0.25) is 0 Å². The van der Waals surface area contributed by atoms with Gasteiger partial charge in [0, 0.05) is 17.0 Å². The number of carbonyl (C=O) groups is 1. The summed E-state index contributed by atoms with van der Waals surface area (Å²) >= 11 is 0. The van der Waals surface area contributed by atoms with Crippen molar-refractivity contribution in [2.75, 3.05) is 11.5 Å². The Morgan fingerprint density at radius 1 is 1.33 bits per heavy atom. The number of rotatable bonds is 3. The molecule has 1 aromatic carbocycles. The number of amides is 2. The molecule has 2 N–H and O–H groups in total. The Balaban J connectivity index is 1.66. The molecule has 1 saturated heterocycles. The van der Waals surface area contributed by atoms with E-state index >= 15 is 0 Å². The first kappa shape index (κ1) is 16.8. The van der Waals surface area contributed by atoms with Gasteiger partial charge in [-0.3, -0.25) is 0 Å². The van der Waals surface area contributed by atoms with Crippen LogP contribution in [0.1, 0.15) is 37.1 Å². The molecule has 0 saturated carbocycles. The third kappa shape index (κ3) is 3.56. The summed E-state index contributed by atoms with van der Waals surface area (Å²) in [7, 11) is -3.04. The van der Waals surface area contributed by atoms with Gasteiger partial charge in [0.05, 0.1) is 17.5 Å². The quantitative estimate of drug-likeness (QED) is 0.891. The van der Waals surface area contributed by atoms with Crippen LogP contribution in [0.3, 0.4) is 0 Å². The largest absolute Gasteiger partial charge is 0.459 e. The van der Waals surface area contributed by atoms with E-state index in [1.54, 1.807) is 0 Å². The summed E-state index contributed by atoms with van der Waals surface area (Å²) in [6.45, 7) is 3.81. The van der Waals surface area contributed by atoms with Crippen LogP contribution in [0.25, 0.3) is 11.0 Å². The zero-order valence-electron chi connectivity index (χ0n) is 13.8. The zero-order chi connectivity index (χ0) is 17.3. The molecular formula is C17H22N2O4S. The first-order chi connectivity index (χ1) is 11.4. The van der Waals surface area contributed by atoms with Gasteiger partial charge in [0.15, 0.2) is 9.84 Å². The molecule has 0 aliphatic carbocycles. The van der Waals surface area contributed by atoms with E-state index < -0.39 is 9.84 Å². The molecule has 1 aliphatic heterocycles. The van der Waals surface area contributed by atoms with Gasteiger partial charge >= 0.3 is 6.03 Å². The highest BCUT2D eigenvalue weighted by Gasteiger charge is 2.26. The molecule has 0 spiro atoms. The molecule has 24 heavy (non-hydrogen) atoms. The van der Waals surface area contributed by atoms with Gasteiger partial charge in [0.25, 0.3) is 0 Å². The predicted octanol–water partition coefficient (Wildman–Crippen LogP) is 2.68. The Bertz CT molecular complexity index is 857. The molecule has 1 fully saturated rings. The summed E-state index contributed by atoms with van der Waals surface area (Å²) in [6.07, 6.45) is 1.27. The van der Waals surface area contributed by atoms with Gasteiger partial charge in [-0.25, -0.2) is 13.2 Å². The first-order valence-electron chi connectivity index (χ1n) is 8.11. The lowest BCUT2D eigenvalue weighted by Crippen LogP contribution is -2.47. The zero-order valence-corrected chi connectivity index (χ0v) is 14.7. The summed E-state index contributed by atoms with van der Waals surface area (Å²) in [6, 6.07) is 6.73. The highest BCUT2D eigenvalue weighted by molar-refractivity contribution is 7.91. The number of aryl methyl sites for hydroxylation is 1. The molecule has 1 aromatic heterocycles. The number of hydrogen-bond donors (Lipinski definition) is 2. The van der Waals surface area contributed by atoms with E-state index in [0.29, 0.717) is 18.6 Å². The highest BCUT2D eigenvalue weighted by Crippen LogP contribution is 2.29. The second kappa shape index (κ2) is 6.47. The minimum absolute atomic E-state index is 0.0124. The van der Waals surface area contributed by atoms with Crippen LogP contribution in [-0.4, -0.2) is 32.0 Å². The van der Waals surface area contributed by atoms with E-state index in [-0.39, 0.29) is 29.6 Å². The maximum absolute atomic E-state index is 12.2. The smallest absolute Gasteiger partial charge is 0.315 e. The molecule has 3 rings (SSSR count). The van der Waals surface area contributed by atoms with Crippen LogP contribution in [-0.2, 0) is 9.84 Å². The lowest BCUT2D eigenvalue weighted by Gasteiger charge is -2.24. The minimum atomic E-state index is -3.04. The Kier molecular flexibility index (Phi) is 4.54. The fraction of sp³-hybridized carbons (Fsp3) is 0.471. The summed E-state index contributed by atoms with van der Waals surface area (Å²) in [5, 5.41) is 6.62. The number of hydrogen-bond acceptors (Lipinski definition) is 4. The van der Waals surface area contributed by atoms with Gasteiger partial charge < -0.3 is 15.1 Å². The standard InChI is InChI=1S/C17H22N2O4S/c1-11-14-7-3-4-8-15(14)23-16(11)12(2)18-17(20)19-13-6-5-9-24(21,22)10-13/h3-4,7-8,12-13H,5-6,9-10H2,1-2H3,(H2,18,19,20)/t12-,13?/m1/s1. The van der Waals surface area contributed by atoms with Crippen molar-refractivity contribution in [2.45, 2.75) is 38.8 Å². The van der Waals surface area contributed by atoms with Gasteiger partial charge in [-0.15, -0.1) is 0 Å². The number of nitrogens with one attached hydrogen (secondary N) is 2. The Morgan fingerprint density at radius 3 is 2.79 bits per heavy atom. The molecule has 2 atom stereocenters. The molecule has 2 heterocycles. The van der Waals surface area contributed by atoms with Gasteiger partial charge in [-0.1, -0.05) is 18.2 Å². The lowest BCUT2D eigenvalue weighted by atomic mass is 10.1. The normalized spacial score (nSPS) is 21.3. The van der Waals surface area contributed by atoms with Crippen LogP contribution in [0.15, 0.2) is 28.7 Å². The van der Waals surface area contributed by atoms with Crippen molar-refractivity contribution >= 4 is 26.8 Å². The van der Waals surface area contributed by atoms with Crippen LogP contribution >= 0.6 is 0 Å². The Hall–Kier alpha value is -2.02. The highest BCUT2D eigenvalue weighted by atomic mass is 32.2. The molecule has 0 radical (unpaired) electrons. The number of sulfone groups is 1. The third-order valence-electron chi connectivity index (χ3n) is 4.42. The summed E-state index contributed by atoms with van der Waals surface area (Å²) in [5.41, 5.74) is 1.79. The van der Waals surface area contributed by atoms with E-state index in [2.05, 4.69) is 10.6 Å². The van der Waals surface area contributed by atoms with Crippen LogP contribution in [0, 0.1) is 6.92 Å². The Labute approximate surface area is 141 Å². The van der Waals surface area contributed by atoms with Crippen molar-refractivity contribution in [3.05, 3.63) is 35.6 Å². The second-order valence-electron chi connectivity index (χ2n) is 6.38. The van der Waals surface area contributed by atoms with Gasteiger partial charge in [-0.2, -0.15) is 0 Å². The van der Waals surface area contributed by atoms with Crippen molar-refractivity contribution in [1.82, 2.24) is 10.6 Å². The van der Waals surface area contributed by atoms with E-state index in [0.717, 1.165) is 16.5 Å². The maximum atomic E-state index is 12.2. The maximum Gasteiger partial charge on any atom is 0.315 e. The van der Waals surface area contributed by atoms with Gasteiger partial charge in [0.2, 0.25) is 0 Å². The molecule has 0 bridgehead atoms. The van der Waals surface area contributed by atoms with Crippen molar-refractivity contribution < 1.29 is 17.6 Å². The van der Waals surface area contributed by atoms with Gasteiger partial charge in [-0.05, 0) is 32.8 Å². The topological polar surface area (TPSA) is 88.4 Å². The van der Waals surface area contributed by atoms with Crippen LogP contribution < -0.4 is 10.6 Å². The molecule has 7 heteroatoms. The van der Waals surface area contributed by atoms with Gasteiger partial charge in [0.1, 0.15) is 11.3 Å². The van der Waals surface area contributed by atoms with Crippen molar-refractivity contribution in [1.29, 1.82) is 0 Å². The molecule has 2 aromatic rings. The number of benzene rings is 1. The molecule has 6 nitrogen and oxygen atoms in total.